The maximum atomic E-state index is 5.25. The van der Waals surface area contributed by atoms with Gasteiger partial charge < -0.3 is 9.72 Å². The molecule has 8 nitrogen and oxygen atoms in total. The lowest BCUT2D eigenvalue weighted by Crippen LogP contribution is -1.88. The quantitative estimate of drug-likeness (QED) is 0.522. The number of ether oxygens (including phenoxy) is 1. The molecule has 0 aliphatic heterocycles. The Kier molecular flexibility index (Phi) is 3.14. The summed E-state index contributed by atoms with van der Waals surface area (Å²) in [6.07, 6.45) is 8.63. The Balaban J connectivity index is 1.67. The fourth-order valence-corrected chi connectivity index (χ4v) is 2.89. The lowest BCUT2D eigenvalue weighted by atomic mass is 10.1. The normalized spacial score (nSPS) is 11.3. The van der Waals surface area contributed by atoms with Crippen molar-refractivity contribution >= 4 is 21.9 Å². The standard InChI is InChI=1S/C18H13N7O/c1-26-11-4-10(6-20-7-11)14-5-12-15(9-21-14)24-25-17(12)18-22-13-2-3-19-8-16(13)23-18/h2-9H,1H3,(H,22,23)(H,24,25). The van der Waals surface area contributed by atoms with Crippen molar-refractivity contribution in [1.82, 2.24) is 35.1 Å². The van der Waals surface area contributed by atoms with Crippen molar-refractivity contribution in [3.63, 3.8) is 0 Å². The summed E-state index contributed by atoms with van der Waals surface area (Å²) in [5.74, 6) is 1.36. The van der Waals surface area contributed by atoms with Crippen LogP contribution in [-0.4, -0.2) is 42.2 Å². The van der Waals surface area contributed by atoms with Gasteiger partial charge in [0.2, 0.25) is 0 Å². The van der Waals surface area contributed by atoms with Crippen LogP contribution in [0.15, 0.2) is 49.2 Å². The van der Waals surface area contributed by atoms with E-state index in [-0.39, 0.29) is 0 Å². The number of fused-ring (bicyclic) bond motifs is 2. The van der Waals surface area contributed by atoms with E-state index in [2.05, 4.69) is 35.1 Å². The van der Waals surface area contributed by atoms with Crippen molar-refractivity contribution in [2.45, 2.75) is 0 Å². The van der Waals surface area contributed by atoms with Gasteiger partial charge in [-0.3, -0.25) is 20.1 Å². The molecule has 0 radical (unpaired) electrons. The number of pyridine rings is 3. The molecule has 0 aromatic carbocycles. The molecular formula is C18H13N7O. The maximum absolute atomic E-state index is 5.25. The van der Waals surface area contributed by atoms with Gasteiger partial charge in [0.15, 0.2) is 5.82 Å². The van der Waals surface area contributed by atoms with Crippen LogP contribution in [0.1, 0.15) is 0 Å². The molecule has 0 saturated heterocycles. The summed E-state index contributed by atoms with van der Waals surface area (Å²) < 4.78 is 5.25. The van der Waals surface area contributed by atoms with Crippen LogP contribution in [0.4, 0.5) is 0 Å². The van der Waals surface area contributed by atoms with Crippen LogP contribution in [0.2, 0.25) is 0 Å². The summed E-state index contributed by atoms with van der Waals surface area (Å²) in [4.78, 5) is 20.7. The van der Waals surface area contributed by atoms with E-state index in [4.69, 9.17) is 4.74 Å². The summed E-state index contributed by atoms with van der Waals surface area (Å²) in [5, 5.41) is 8.33. The monoisotopic (exact) mass is 343 g/mol. The van der Waals surface area contributed by atoms with Gasteiger partial charge in [0.1, 0.15) is 11.4 Å². The molecule has 126 valence electrons. The predicted molar refractivity (Wildman–Crippen MR) is 96.6 cm³/mol. The summed E-state index contributed by atoms with van der Waals surface area (Å²) in [5.41, 5.74) is 4.92. The molecule has 0 spiro atoms. The first kappa shape index (κ1) is 14.5. The van der Waals surface area contributed by atoms with Crippen LogP contribution in [0, 0.1) is 0 Å². The highest BCUT2D eigenvalue weighted by Gasteiger charge is 2.14. The molecule has 26 heavy (non-hydrogen) atoms. The van der Waals surface area contributed by atoms with Crippen molar-refractivity contribution in [2.75, 3.05) is 7.11 Å². The fourth-order valence-electron chi connectivity index (χ4n) is 2.89. The summed E-state index contributed by atoms with van der Waals surface area (Å²) in [6.45, 7) is 0. The number of hydrogen-bond acceptors (Lipinski definition) is 6. The van der Waals surface area contributed by atoms with Gasteiger partial charge in [0.25, 0.3) is 0 Å². The zero-order valence-corrected chi connectivity index (χ0v) is 13.8. The molecule has 0 amide bonds. The van der Waals surface area contributed by atoms with Gasteiger partial charge in [-0.25, -0.2) is 4.98 Å². The predicted octanol–water partition coefficient (Wildman–Crippen LogP) is 2.97. The highest BCUT2D eigenvalue weighted by molar-refractivity contribution is 5.94. The first-order valence-corrected chi connectivity index (χ1v) is 7.95. The molecule has 5 rings (SSSR count). The van der Waals surface area contributed by atoms with Crippen LogP contribution < -0.4 is 4.74 Å². The van der Waals surface area contributed by atoms with Crippen LogP contribution in [-0.2, 0) is 0 Å². The fraction of sp³-hybridized carbons (Fsp3) is 0.0556. The molecule has 0 saturated carbocycles. The highest BCUT2D eigenvalue weighted by Crippen LogP contribution is 2.29. The third-order valence-electron chi connectivity index (χ3n) is 4.20. The molecule has 0 aliphatic rings. The van der Waals surface area contributed by atoms with Gasteiger partial charge in [0, 0.05) is 23.3 Å². The van der Waals surface area contributed by atoms with Crippen LogP contribution in [0.3, 0.4) is 0 Å². The Hall–Kier alpha value is -3.81. The van der Waals surface area contributed by atoms with Crippen molar-refractivity contribution in [3.8, 4) is 28.5 Å². The average Bonchev–Trinajstić information content (AvgIpc) is 3.31. The number of hydrogen-bond donors (Lipinski definition) is 2. The second-order valence-electron chi connectivity index (χ2n) is 5.78. The van der Waals surface area contributed by atoms with Crippen molar-refractivity contribution in [3.05, 3.63) is 49.2 Å². The number of aromatic nitrogens is 7. The topological polar surface area (TPSA) is 105 Å². The molecule has 0 fully saturated rings. The smallest absolute Gasteiger partial charge is 0.159 e. The second-order valence-corrected chi connectivity index (χ2v) is 5.78. The Morgan fingerprint density at radius 1 is 1.00 bits per heavy atom. The molecule has 0 unspecified atom stereocenters. The van der Waals surface area contributed by atoms with Gasteiger partial charge in [-0.05, 0) is 18.2 Å². The molecule has 0 aliphatic carbocycles. The van der Waals surface area contributed by atoms with Crippen molar-refractivity contribution < 1.29 is 4.74 Å². The minimum absolute atomic E-state index is 0.681. The summed E-state index contributed by atoms with van der Waals surface area (Å²) >= 11 is 0. The highest BCUT2D eigenvalue weighted by atomic mass is 16.5. The van der Waals surface area contributed by atoms with Gasteiger partial charge in [-0.1, -0.05) is 0 Å². The van der Waals surface area contributed by atoms with Gasteiger partial charge in [0.05, 0.1) is 47.9 Å². The molecule has 5 aromatic rings. The molecule has 8 heteroatoms. The molecule has 0 atom stereocenters. The Bertz CT molecular complexity index is 1210. The van der Waals surface area contributed by atoms with E-state index in [1.165, 1.54) is 0 Å². The van der Waals surface area contributed by atoms with Gasteiger partial charge in [-0.2, -0.15) is 5.10 Å². The minimum Gasteiger partial charge on any atom is -0.495 e. The molecule has 5 aromatic heterocycles. The zero-order valence-electron chi connectivity index (χ0n) is 13.8. The summed E-state index contributed by atoms with van der Waals surface area (Å²) in [7, 11) is 1.61. The Labute approximate surface area is 147 Å². The Morgan fingerprint density at radius 2 is 1.96 bits per heavy atom. The molecular weight excluding hydrogens is 330 g/mol. The van der Waals surface area contributed by atoms with E-state index in [9.17, 15) is 0 Å². The van der Waals surface area contributed by atoms with Crippen molar-refractivity contribution in [2.24, 2.45) is 0 Å². The van der Waals surface area contributed by atoms with Gasteiger partial charge in [-0.15, -0.1) is 0 Å². The number of H-pyrrole nitrogens is 2. The average molecular weight is 343 g/mol. The van der Waals surface area contributed by atoms with Crippen molar-refractivity contribution in [1.29, 1.82) is 0 Å². The van der Waals surface area contributed by atoms with Gasteiger partial charge >= 0.3 is 0 Å². The van der Waals surface area contributed by atoms with Crippen LogP contribution >= 0.6 is 0 Å². The lowest BCUT2D eigenvalue weighted by Gasteiger charge is -2.03. The second kappa shape index (κ2) is 5.62. The largest absolute Gasteiger partial charge is 0.495 e. The van der Waals surface area contributed by atoms with Crippen LogP contribution in [0.25, 0.3) is 44.7 Å². The number of nitrogens with one attached hydrogen (secondary N) is 2. The van der Waals surface area contributed by atoms with Crippen LogP contribution in [0.5, 0.6) is 5.75 Å². The third kappa shape index (κ3) is 2.27. The third-order valence-corrected chi connectivity index (χ3v) is 4.20. The van der Waals surface area contributed by atoms with E-state index >= 15 is 0 Å². The van der Waals surface area contributed by atoms with E-state index in [0.29, 0.717) is 11.6 Å². The first-order valence-electron chi connectivity index (χ1n) is 7.95. The first-order chi connectivity index (χ1) is 12.8. The molecule has 2 N–H and O–H groups in total. The number of methoxy groups -OCH3 is 1. The van der Waals surface area contributed by atoms with E-state index in [1.807, 2.05) is 18.2 Å². The number of imidazole rings is 1. The van der Waals surface area contributed by atoms with E-state index in [0.717, 1.165) is 38.9 Å². The molecule has 0 bridgehead atoms. The zero-order chi connectivity index (χ0) is 17.5. The van der Waals surface area contributed by atoms with E-state index in [1.54, 1.807) is 38.1 Å². The summed E-state index contributed by atoms with van der Waals surface area (Å²) in [6, 6.07) is 5.73. The number of rotatable bonds is 3. The number of aromatic amines is 2. The number of nitrogens with zero attached hydrogens (tertiary/aromatic N) is 5. The lowest BCUT2D eigenvalue weighted by molar-refractivity contribution is 0.413. The molecule has 5 heterocycles. The maximum Gasteiger partial charge on any atom is 0.159 e. The SMILES string of the molecule is COc1cncc(-c2cc3c(-c4nc5ccncc5[nH]4)n[nH]c3cn2)c1. The van der Waals surface area contributed by atoms with E-state index < -0.39 is 0 Å². The minimum atomic E-state index is 0.681. The Morgan fingerprint density at radius 3 is 2.85 bits per heavy atom.